The van der Waals surface area contributed by atoms with Crippen LogP contribution in [0, 0.1) is 0 Å². The van der Waals surface area contributed by atoms with E-state index in [0.29, 0.717) is 6.08 Å². The first-order valence-corrected chi connectivity index (χ1v) is 6.68. The van der Waals surface area contributed by atoms with Gasteiger partial charge in [0.25, 0.3) is 0 Å². The second-order valence-corrected chi connectivity index (χ2v) is 4.70. The van der Waals surface area contributed by atoms with Crippen LogP contribution in [0.25, 0.3) is 5.41 Å². The minimum atomic E-state index is 0.500. The van der Waals surface area contributed by atoms with E-state index in [-0.39, 0.29) is 0 Å². The molecule has 1 rings (SSSR count). The molecule has 0 atom stereocenters. The largest absolute Gasteiger partial charge is 0.724 e. The smallest absolute Gasteiger partial charge is 0.183 e. The number of isocyanates is 1. The van der Waals surface area contributed by atoms with E-state index in [0.717, 1.165) is 19.8 Å². The third-order valence-corrected chi connectivity index (χ3v) is 3.21. The molecule has 0 unspecified atom stereocenters. The molecule has 100 valence electrons. The van der Waals surface area contributed by atoms with Gasteiger partial charge in [0.05, 0.1) is 26.2 Å². The van der Waals surface area contributed by atoms with Gasteiger partial charge in [0.1, 0.15) is 0 Å². The number of likely N-dealkylation sites (tertiary alicyclic amines) is 1. The molecule has 1 saturated heterocycles. The van der Waals surface area contributed by atoms with Crippen LogP contribution in [0.1, 0.15) is 46.0 Å². The molecular weight excluding hydrogens is 216 g/mol. The number of carbonyl (C=O) groups excluding carboxylic acids is 1. The number of quaternary nitrogens is 1. The molecule has 0 N–H and O–H groups in total. The highest BCUT2D eigenvalue weighted by atomic mass is 16.5. The van der Waals surface area contributed by atoms with Crippen LogP contribution in [0.15, 0.2) is 0 Å². The average Bonchev–Trinajstić information content (AvgIpc) is 2.77. The monoisotopic (exact) mass is 242 g/mol. The molecule has 1 fully saturated rings. The van der Waals surface area contributed by atoms with Gasteiger partial charge in [-0.3, -0.25) is 4.79 Å². The zero-order valence-corrected chi connectivity index (χ0v) is 11.3. The summed E-state index contributed by atoms with van der Waals surface area (Å²) < 4.78 is 6.98. The van der Waals surface area contributed by atoms with Crippen LogP contribution in [0.3, 0.4) is 0 Å². The van der Waals surface area contributed by atoms with Gasteiger partial charge in [0.15, 0.2) is 6.73 Å². The Morgan fingerprint density at radius 2 is 1.82 bits per heavy atom. The van der Waals surface area contributed by atoms with Gasteiger partial charge in [-0.05, 0) is 18.9 Å². The maximum atomic E-state index is 8.24. The van der Waals surface area contributed by atoms with Gasteiger partial charge in [0.2, 0.25) is 0 Å². The molecule has 0 amide bonds. The van der Waals surface area contributed by atoms with Gasteiger partial charge < -0.3 is 14.6 Å². The first-order valence-electron chi connectivity index (χ1n) is 6.68. The molecule has 0 aromatic carbocycles. The van der Waals surface area contributed by atoms with Crippen LogP contribution in [-0.4, -0.2) is 43.5 Å². The predicted octanol–water partition coefficient (Wildman–Crippen LogP) is 2.67. The molecule has 4 nitrogen and oxygen atoms in total. The van der Waals surface area contributed by atoms with Gasteiger partial charge in [-0.15, -0.1) is 0 Å². The molecule has 0 aromatic heterocycles. The maximum absolute atomic E-state index is 8.24. The highest BCUT2D eigenvalue weighted by molar-refractivity contribution is 5.36. The molecule has 0 aromatic rings. The van der Waals surface area contributed by atoms with Gasteiger partial charge >= 0.3 is 0 Å². The molecule has 0 aliphatic carbocycles. The van der Waals surface area contributed by atoms with Crippen LogP contribution in [0.5, 0.6) is 0 Å². The molecule has 0 spiro atoms. The fourth-order valence-corrected chi connectivity index (χ4v) is 2.32. The Morgan fingerprint density at radius 1 is 1.24 bits per heavy atom. The van der Waals surface area contributed by atoms with Crippen LogP contribution in [0.2, 0.25) is 0 Å². The zero-order chi connectivity index (χ0) is 13.0. The zero-order valence-electron chi connectivity index (χ0n) is 11.3. The number of nitrogens with zero attached hydrogens (tertiary/aromatic N) is 2. The summed E-state index contributed by atoms with van der Waals surface area (Å²) in [6, 6.07) is 0. The summed E-state index contributed by atoms with van der Waals surface area (Å²) >= 11 is 0. The van der Waals surface area contributed by atoms with Gasteiger partial charge in [-0.2, -0.15) is 0 Å². The van der Waals surface area contributed by atoms with E-state index in [4.69, 9.17) is 14.9 Å². The molecule has 1 aliphatic heterocycles. The van der Waals surface area contributed by atoms with Crippen molar-refractivity contribution in [2.75, 3.05) is 33.0 Å². The van der Waals surface area contributed by atoms with Crippen molar-refractivity contribution in [1.29, 1.82) is 0 Å². The Morgan fingerprint density at radius 3 is 2.29 bits per heavy atom. The lowest BCUT2D eigenvalue weighted by molar-refractivity contribution is -0.935. The lowest BCUT2D eigenvalue weighted by Crippen LogP contribution is -2.47. The fourth-order valence-electron chi connectivity index (χ4n) is 2.32. The fraction of sp³-hybridized carbons (Fsp3) is 0.923. The highest BCUT2D eigenvalue weighted by Gasteiger charge is 2.31. The van der Waals surface area contributed by atoms with Crippen molar-refractivity contribution in [3.8, 4) is 0 Å². The molecule has 0 saturated carbocycles. The van der Waals surface area contributed by atoms with Crippen molar-refractivity contribution < 1.29 is 14.0 Å². The van der Waals surface area contributed by atoms with Crippen molar-refractivity contribution in [3.05, 3.63) is 5.41 Å². The van der Waals surface area contributed by atoms with E-state index in [1.165, 1.54) is 49.8 Å². The summed E-state index contributed by atoms with van der Waals surface area (Å²) in [6.07, 6.45) is 7.12. The van der Waals surface area contributed by atoms with Gasteiger partial charge in [0, 0.05) is 12.8 Å². The molecule has 17 heavy (non-hydrogen) atoms. The maximum Gasteiger partial charge on any atom is 0.183 e. The number of rotatable bonds is 7. The van der Waals surface area contributed by atoms with E-state index in [1.54, 1.807) is 0 Å². The van der Waals surface area contributed by atoms with Crippen LogP contribution in [-0.2, 0) is 9.53 Å². The quantitative estimate of drug-likeness (QED) is 0.298. The minimum Gasteiger partial charge on any atom is -0.724 e. The number of hydrogen-bond acceptors (Lipinski definition) is 2. The summed E-state index contributed by atoms with van der Waals surface area (Å²) in [5.41, 5.74) is 0. The number of ether oxygens (including phenoxy) is 1. The topological polar surface area (TPSA) is 48.6 Å². The summed E-state index contributed by atoms with van der Waals surface area (Å²) in [5, 5.41) is 6.76. The average molecular weight is 242 g/mol. The van der Waals surface area contributed by atoms with Crippen molar-refractivity contribution in [2.24, 2.45) is 0 Å². The lowest BCUT2D eigenvalue weighted by Gasteiger charge is -2.33. The van der Waals surface area contributed by atoms with E-state index in [2.05, 4.69) is 13.8 Å². The number of unbranched alkanes of at least 4 members (excludes halogenated alkanes) is 1. The third kappa shape index (κ3) is 7.27. The Hall–Kier alpha value is -0.700. The normalized spacial score (nSPS) is 17.1. The lowest BCUT2D eigenvalue weighted by atomic mass is 10.3. The molecule has 0 radical (unpaired) electrons. The second kappa shape index (κ2) is 10.5. The van der Waals surface area contributed by atoms with E-state index in [1.807, 2.05) is 0 Å². The van der Waals surface area contributed by atoms with Crippen LogP contribution >= 0.6 is 0 Å². The Labute approximate surface area is 105 Å². The molecule has 4 heteroatoms. The summed E-state index contributed by atoms with van der Waals surface area (Å²) in [5.74, 6) is 0. The SMILES string of the molecule is CCCC[N+]1(COCCC)CCCC1.[N-]=C=O. The number of hydrogen-bond donors (Lipinski definition) is 0. The molecule has 1 aliphatic rings. The van der Waals surface area contributed by atoms with Crippen molar-refractivity contribution in [2.45, 2.75) is 46.0 Å². The first kappa shape index (κ1) is 16.3. The van der Waals surface area contributed by atoms with Crippen molar-refractivity contribution in [3.63, 3.8) is 0 Å². The van der Waals surface area contributed by atoms with Crippen LogP contribution in [0.4, 0.5) is 0 Å². The second-order valence-electron chi connectivity index (χ2n) is 4.70. The van der Waals surface area contributed by atoms with Gasteiger partial charge in [-0.25, -0.2) is 0 Å². The first-order chi connectivity index (χ1) is 8.24. The van der Waals surface area contributed by atoms with Crippen LogP contribution < -0.4 is 0 Å². The summed E-state index contributed by atoms with van der Waals surface area (Å²) in [7, 11) is 0. The van der Waals surface area contributed by atoms with Crippen molar-refractivity contribution in [1.82, 2.24) is 0 Å². The predicted molar refractivity (Wildman–Crippen MR) is 69.2 cm³/mol. The third-order valence-electron chi connectivity index (χ3n) is 3.21. The molecular formula is C13H26N2O2. The summed E-state index contributed by atoms with van der Waals surface area (Å²) in [6.45, 7) is 10.4. The van der Waals surface area contributed by atoms with Gasteiger partial charge in [-0.1, -0.05) is 20.3 Å². The summed E-state index contributed by atoms with van der Waals surface area (Å²) in [4.78, 5) is 8.24. The standard InChI is InChI=1S/C12H26NO.CNO/c1-3-5-8-13(9-6-7-10-13)12-14-11-4-2;2-1-3/h3-12H2,1-2H3;/q+1;-1. The Bertz CT molecular complexity index is 207. The Kier molecular flexibility index (Phi) is 10.0. The van der Waals surface area contributed by atoms with E-state index < -0.39 is 0 Å². The minimum absolute atomic E-state index is 0.500. The van der Waals surface area contributed by atoms with E-state index in [9.17, 15) is 0 Å². The highest BCUT2D eigenvalue weighted by Crippen LogP contribution is 2.20. The molecule has 0 bridgehead atoms. The van der Waals surface area contributed by atoms with Crippen molar-refractivity contribution >= 4 is 6.08 Å². The van der Waals surface area contributed by atoms with E-state index >= 15 is 0 Å². The molecule has 1 heterocycles. The Balaban J connectivity index is 0.000000770.